The Morgan fingerprint density at radius 1 is 1.24 bits per heavy atom. The molecule has 2 rings (SSSR count). The van der Waals surface area contributed by atoms with Gasteiger partial charge in [0.1, 0.15) is 0 Å². The summed E-state index contributed by atoms with van der Waals surface area (Å²) in [5, 5.41) is 18.9. The second kappa shape index (κ2) is 4.51. The molecule has 0 aromatic rings. The topological polar surface area (TPSA) is 86.8 Å². The zero-order valence-corrected chi connectivity index (χ0v) is 10.4. The number of hydrogen-bond donors (Lipinski definition) is 3. The molecule has 0 bridgehead atoms. The Morgan fingerprint density at radius 3 is 2.12 bits per heavy atom. The van der Waals surface area contributed by atoms with E-state index in [0.717, 1.165) is 12.8 Å². The van der Waals surface area contributed by atoms with Gasteiger partial charge in [-0.3, -0.25) is 4.79 Å². The molecule has 6 heteroatoms. The molecule has 1 aliphatic carbocycles. The SMILES string of the molecule is NC(=S)C1(C(=O)N2CC(O)C(O)C2)CCCC1. The van der Waals surface area contributed by atoms with E-state index in [1.54, 1.807) is 0 Å². The van der Waals surface area contributed by atoms with Gasteiger partial charge in [0.2, 0.25) is 5.91 Å². The molecule has 1 saturated carbocycles. The summed E-state index contributed by atoms with van der Waals surface area (Å²) in [5.41, 5.74) is 4.99. The molecule has 4 N–H and O–H groups in total. The fourth-order valence-electron chi connectivity index (χ4n) is 2.78. The third-order valence-corrected chi connectivity index (χ3v) is 4.28. The molecule has 2 fully saturated rings. The summed E-state index contributed by atoms with van der Waals surface area (Å²) in [4.78, 5) is 14.2. The number of carbonyl (C=O) groups excluding carboxylic acids is 1. The van der Waals surface area contributed by atoms with Crippen LogP contribution in [0.2, 0.25) is 0 Å². The minimum Gasteiger partial charge on any atom is -0.392 e. The van der Waals surface area contributed by atoms with Crippen LogP contribution >= 0.6 is 12.2 Å². The van der Waals surface area contributed by atoms with Crippen LogP contribution in [0.15, 0.2) is 0 Å². The van der Waals surface area contributed by atoms with Crippen molar-refractivity contribution in [3.05, 3.63) is 0 Å². The van der Waals surface area contributed by atoms with E-state index in [9.17, 15) is 15.0 Å². The van der Waals surface area contributed by atoms with Crippen LogP contribution in [0.4, 0.5) is 0 Å². The molecule has 5 nitrogen and oxygen atoms in total. The van der Waals surface area contributed by atoms with E-state index in [1.165, 1.54) is 4.90 Å². The summed E-state index contributed by atoms with van der Waals surface area (Å²) in [6.45, 7) is 0.342. The molecule has 1 heterocycles. The van der Waals surface area contributed by atoms with E-state index in [2.05, 4.69) is 0 Å². The van der Waals surface area contributed by atoms with Crippen LogP contribution in [0.1, 0.15) is 25.7 Å². The molecular formula is C11H18N2O3S. The third-order valence-electron chi connectivity index (χ3n) is 3.88. The van der Waals surface area contributed by atoms with Gasteiger partial charge in [-0.2, -0.15) is 0 Å². The molecule has 96 valence electrons. The number of nitrogens with two attached hydrogens (primary N) is 1. The first-order valence-corrected chi connectivity index (χ1v) is 6.33. The van der Waals surface area contributed by atoms with Crippen molar-refractivity contribution in [2.75, 3.05) is 13.1 Å². The van der Waals surface area contributed by atoms with Crippen LogP contribution in [-0.4, -0.2) is 51.3 Å². The number of rotatable bonds is 2. The van der Waals surface area contributed by atoms with Gasteiger partial charge >= 0.3 is 0 Å². The Bertz CT molecular complexity index is 332. The summed E-state index contributed by atoms with van der Waals surface area (Å²) in [6.07, 6.45) is 1.55. The van der Waals surface area contributed by atoms with Crippen LogP contribution in [0.5, 0.6) is 0 Å². The number of β-amino-alcohol motifs (C(OH)–C–C–N with tert-alkyl or cyclic N) is 2. The highest BCUT2D eigenvalue weighted by Crippen LogP contribution is 2.40. The van der Waals surface area contributed by atoms with Crippen molar-refractivity contribution in [1.29, 1.82) is 0 Å². The van der Waals surface area contributed by atoms with Gasteiger partial charge in [-0.15, -0.1) is 0 Å². The molecule has 0 radical (unpaired) electrons. The van der Waals surface area contributed by atoms with Crippen molar-refractivity contribution in [1.82, 2.24) is 4.90 Å². The molecule has 0 aromatic heterocycles. The molecule has 1 saturated heterocycles. The molecular weight excluding hydrogens is 240 g/mol. The number of nitrogens with zero attached hydrogens (tertiary/aromatic N) is 1. The van der Waals surface area contributed by atoms with Crippen molar-refractivity contribution in [3.8, 4) is 0 Å². The molecule has 2 unspecified atom stereocenters. The zero-order chi connectivity index (χ0) is 12.6. The molecule has 1 aliphatic heterocycles. The van der Waals surface area contributed by atoms with Crippen LogP contribution in [0.25, 0.3) is 0 Å². The van der Waals surface area contributed by atoms with Crippen molar-refractivity contribution in [2.45, 2.75) is 37.9 Å². The Hall–Kier alpha value is -0.720. The average molecular weight is 258 g/mol. The Labute approximate surface area is 106 Å². The normalized spacial score (nSPS) is 31.8. The maximum absolute atomic E-state index is 12.4. The lowest BCUT2D eigenvalue weighted by Crippen LogP contribution is -2.48. The molecule has 2 aliphatic rings. The molecule has 0 aromatic carbocycles. The highest BCUT2D eigenvalue weighted by molar-refractivity contribution is 7.80. The van der Waals surface area contributed by atoms with Crippen LogP contribution in [0, 0.1) is 5.41 Å². The molecule has 17 heavy (non-hydrogen) atoms. The van der Waals surface area contributed by atoms with E-state index < -0.39 is 17.6 Å². The lowest BCUT2D eigenvalue weighted by atomic mass is 9.84. The quantitative estimate of drug-likeness (QED) is 0.576. The zero-order valence-electron chi connectivity index (χ0n) is 9.63. The number of aliphatic hydroxyl groups excluding tert-OH is 2. The minimum atomic E-state index is -0.858. The van der Waals surface area contributed by atoms with E-state index in [-0.39, 0.29) is 24.0 Å². The van der Waals surface area contributed by atoms with Gasteiger partial charge in [-0.1, -0.05) is 25.1 Å². The lowest BCUT2D eigenvalue weighted by Gasteiger charge is -2.31. The number of likely N-dealkylation sites (tertiary alicyclic amines) is 1. The van der Waals surface area contributed by atoms with Crippen molar-refractivity contribution in [2.24, 2.45) is 11.1 Å². The highest BCUT2D eigenvalue weighted by Gasteiger charge is 2.48. The predicted molar refractivity (Wildman–Crippen MR) is 66.3 cm³/mol. The Morgan fingerprint density at radius 2 is 1.71 bits per heavy atom. The first-order chi connectivity index (χ1) is 7.97. The smallest absolute Gasteiger partial charge is 0.235 e. The molecule has 1 amide bonds. The number of hydrogen-bond acceptors (Lipinski definition) is 4. The minimum absolute atomic E-state index is 0.127. The summed E-state index contributed by atoms with van der Waals surface area (Å²) in [5.74, 6) is -0.127. The van der Waals surface area contributed by atoms with E-state index in [4.69, 9.17) is 18.0 Å². The number of thiocarbonyl (C=S) groups is 1. The van der Waals surface area contributed by atoms with E-state index >= 15 is 0 Å². The summed E-state index contributed by atoms with van der Waals surface area (Å²) in [7, 11) is 0. The first kappa shape index (κ1) is 12.7. The fourth-order valence-corrected chi connectivity index (χ4v) is 3.07. The second-order valence-corrected chi connectivity index (χ2v) is 5.44. The van der Waals surface area contributed by atoms with Gasteiger partial charge in [0.15, 0.2) is 0 Å². The van der Waals surface area contributed by atoms with E-state index in [0.29, 0.717) is 12.8 Å². The van der Waals surface area contributed by atoms with Crippen molar-refractivity contribution in [3.63, 3.8) is 0 Å². The number of amides is 1. The van der Waals surface area contributed by atoms with Gasteiger partial charge in [0.25, 0.3) is 0 Å². The van der Waals surface area contributed by atoms with Crippen LogP contribution in [0.3, 0.4) is 0 Å². The monoisotopic (exact) mass is 258 g/mol. The summed E-state index contributed by atoms with van der Waals surface area (Å²) < 4.78 is 0. The predicted octanol–water partition coefficient (Wildman–Crippen LogP) is -0.603. The maximum atomic E-state index is 12.4. The largest absolute Gasteiger partial charge is 0.392 e. The average Bonchev–Trinajstić information content (AvgIpc) is 2.87. The molecule has 0 spiro atoms. The first-order valence-electron chi connectivity index (χ1n) is 5.93. The molecule has 2 atom stereocenters. The van der Waals surface area contributed by atoms with Crippen LogP contribution < -0.4 is 5.73 Å². The van der Waals surface area contributed by atoms with Crippen LogP contribution in [-0.2, 0) is 4.79 Å². The van der Waals surface area contributed by atoms with Gasteiger partial charge in [-0.05, 0) is 12.8 Å². The van der Waals surface area contributed by atoms with Gasteiger partial charge in [0, 0.05) is 13.1 Å². The fraction of sp³-hybridized carbons (Fsp3) is 0.818. The lowest BCUT2D eigenvalue weighted by molar-refractivity contribution is -0.137. The highest BCUT2D eigenvalue weighted by atomic mass is 32.1. The Kier molecular flexibility index (Phi) is 3.38. The number of aliphatic hydroxyl groups is 2. The standard InChI is InChI=1S/C11H18N2O3S/c12-9(17)11(3-1-2-4-11)10(16)13-5-7(14)8(15)6-13/h7-8,14-15H,1-6H2,(H2,12,17). The van der Waals surface area contributed by atoms with Gasteiger partial charge < -0.3 is 20.8 Å². The van der Waals surface area contributed by atoms with Gasteiger partial charge in [0.05, 0.1) is 22.6 Å². The number of carbonyl (C=O) groups is 1. The van der Waals surface area contributed by atoms with Crippen molar-refractivity contribution >= 4 is 23.1 Å². The second-order valence-electron chi connectivity index (χ2n) is 5.00. The van der Waals surface area contributed by atoms with E-state index in [1.807, 2.05) is 0 Å². The third kappa shape index (κ3) is 2.05. The van der Waals surface area contributed by atoms with Gasteiger partial charge in [-0.25, -0.2) is 0 Å². The Balaban J connectivity index is 2.16. The summed E-state index contributed by atoms with van der Waals surface area (Å²) >= 11 is 5.04. The van der Waals surface area contributed by atoms with Crippen molar-refractivity contribution < 1.29 is 15.0 Å². The maximum Gasteiger partial charge on any atom is 0.235 e. The summed E-state index contributed by atoms with van der Waals surface area (Å²) in [6, 6.07) is 0.